The largest absolute Gasteiger partial charge is 0.354 e. The highest BCUT2D eigenvalue weighted by Gasteiger charge is 2.34. The van der Waals surface area contributed by atoms with Crippen molar-refractivity contribution in [2.24, 2.45) is 0 Å². The van der Waals surface area contributed by atoms with Gasteiger partial charge in [-0.3, -0.25) is 14.2 Å². The number of rotatable bonds is 5. The lowest BCUT2D eigenvalue weighted by Gasteiger charge is -2.38. The van der Waals surface area contributed by atoms with E-state index in [-0.39, 0.29) is 23.4 Å². The van der Waals surface area contributed by atoms with Gasteiger partial charge in [0.05, 0.1) is 17.2 Å². The van der Waals surface area contributed by atoms with Gasteiger partial charge in [0.15, 0.2) is 0 Å². The van der Waals surface area contributed by atoms with Gasteiger partial charge in [-0.1, -0.05) is 61.7 Å². The van der Waals surface area contributed by atoms with Crippen LogP contribution in [0.2, 0.25) is 0 Å². The van der Waals surface area contributed by atoms with E-state index in [9.17, 15) is 9.59 Å². The Labute approximate surface area is 170 Å². The van der Waals surface area contributed by atoms with Crippen molar-refractivity contribution >= 4 is 16.8 Å². The number of fused-ring (bicyclic) bond motifs is 1. The number of benzene rings is 2. The molecular weight excluding hydrogens is 362 g/mol. The van der Waals surface area contributed by atoms with Crippen molar-refractivity contribution in [3.05, 3.63) is 76.3 Å². The minimum absolute atomic E-state index is 0.0133. The molecule has 1 heterocycles. The Bertz CT molecular complexity index is 1070. The zero-order valence-electron chi connectivity index (χ0n) is 16.9. The zero-order chi connectivity index (χ0) is 20.3. The van der Waals surface area contributed by atoms with Crippen LogP contribution in [-0.2, 0) is 16.8 Å². The molecule has 2 aromatic carbocycles. The van der Waals surface area contributed by atoms with Crippen molar-refractivity contribution in [3.63, 3.8) is 0 Å². The first-order valence-electron chi connectivity index (χ1n) is 10.4. The fraction of sp³-hybridized carbons (Fsp3) is 0.375. The number of aryl methyl sites for hydroxylation is 1. The summed E-state index contributed by atoms with van der Waals surface area (Å²) in [7, 11) is 0. The first-order valence-corrected chi connectivity index (χ1v) is 10.4. The highest BCUT2D eigenvalue weighted by molar-refractivity contribution is 5.81. The molecule has 1 aromatic heterocycles. The van der Waals surface area contributed by atoms with Crippen molar-refractivity contribution in [2.75, 3.05) is 6.54 Å². The first-order chi connectivity index (χ1) is 14.1. The summed E-state index contributed by atoms with van der Waals surface area (Å²) in [5.74, 6) is -0.151. The number of hydrogen-bond donors (Lipinski definition) is 1. The lowest BCUT2D eigenvalue weighted by Crippen LogP contribution is -2.43. The van der Waals surface area contributed by atoms with E-state index in [1.807, 2.05) is 25.1 Å². The van der Waals surface area contributed by atoms with E-state index in [4.69, 9.17) is 0 Å². The van der Waals surface area contributed by atoms with Crippen molar-refractivity contribution in [1.29, 1.82) is 0 Å². The highest BCUT2D eigenvalue weighted by Crippen LogP contribution is 2.38. The molecule has 0 aliphatic heterocycles. The Balaban J connectivity index is 1.50. The van der Waals surface area contributed by atoms with Gasteiger partial charge in [0.2, 0.25) is 5.91 Å². The molecule has 4 rings (SSSR count). The SMILES string of the molecule is Cc1cccc2c(=O)n(CC(=O)NCC3(c4ccccc4)CCCCC3)cnc12. The van der Waals surface area contributed by atoms with E-state index in [0.29, 0.717) is 17.4 Å². The van der Waals surface area contributed by atoms with Crippen LogP contribution in [0.25, 0.3) is 10.9 Å². The summed E-state index contributed by atoms with van der Waals surface area (Å²) in [5, 5.41) is 3.65. The predicted octanol–water partition coefficient (Wildman–Crippen LogP) is 3.72. The number of nitrogens with zero attached hydrogens (tertiary/aromatic N) is 2. The fourth-order valence-electron chi connectivity index (χ4n) is 4.52. The minimum atomic E-state index is -0.177. The summed E-state index contributed by atoms with van der Waals surface area (Å²) in [5.41, 5.74) is 2.75. The second-order valence-corrected chi connectivity index (χ2v) is 8.13. The molecule has 0 radical (unpaired) electrons. The topological polar surface area (TPSA) is 64.0 Å². The summed E-state index contributed by atoms with van der Waals surface area (Å²) in [6.07, 6.45) is 7.24. The van der Waals surface area contributed by atoms with Gasteiger partial charge in [-0.15, -0.1) is 0 Å². The highest BCUT2D eigenvalue weighted by atomic mass is 16.2. The van der Waals surface area contributed by atoms with E-state index in [1.165, 1.54) is 35.7 Å². The quantitative estimate of drug-likeness (QED) is 0.723. The van der Waals surface area contributed by atoms with Gasteiger partial charge < -0.3 is 5.32 Å². The van der Waals surface area contributed by atoms with Crippen molar-refractivity contribution in [3.8, 4) is 0 Å². The number of nitrogens with one attached hydrogen (secondary N) is 1. The molecular formula is C24H27N3O2. The molecule has 1 aliphatic carbocycles. The van der Waals surface area contributed by atoms with Gasteiger partial charge >= 0.3 is 0 Å². The molecule has 29 heavy (non-hydrogen) atoms. The number of carbonyl (C=O) groups is 1. The van der Waals surface area contributed by atoms with E-state index >= 15 is 0 Å². The number of carbonyl (C=O) groups excluding carboxylic acids is 1. The molecule has 0 atom stereocenters. The third kappa shape index (κ3) is 3.95. The van der Waals surface area contributed by atoms with Gasteiger partial charge in [-0.05, 0) is 37.0 Å². The Morgan fingerprint density at radius 1 is 1.07 bits per heavy atom. The molecule has 0 spiro atoms. The Morgan fingerprint density at radius 3 is 2.59 bits per heavy atom. The number of aromatic nitrogens is 2. The van der Waals surface area contributed by atoms with E-state index < -0.39 is 0 Å². The first kappa shape index (κ1) is 19.4. The maximum Gasteiger partial charge on any atom is 0.261 e. The smallest absolute Gasteiger partial charge is 0.261 e. The maximum atomic E-state index is 12.7. The normalized spacial score (nSPS) is 15.9. The van der Waals surface area contributed by atoms with E-state index in [2.05, 4.69) is 34.6 Å². The van der Waals surface area contributed by atoms with Crippen LogP contribution in [0, 0.1) is 6.92 Å². The number of hydrogen-bond acceptors (Lipinski definition) is 3. The molecule has 1 N–H and O–H groups in total. The molecule has 5 nitrogen and oxygen atoms in total. The van der Waals surface area contributed by atoms with Gasteiger partial charge in [-0.2, -0.15) is 0 Å². The minimum Gasteiger partial charge on any atom is -0.354 e. The van der Waals surface area contributed by atoms with Crippen LogP contribution in [-0.4, -0.2) is 22.0 Å². The van der Waals surface area contributed by atoms with Gasteiger partial charge in [0, 0.05) is 12.0 Å². The van der Waals surface area contributed by atoms with Crippen LogP contribution in [0.3, 0.4) is 0 Å². The molecule has 1 saturated carbocycles. The Kier molecular flexibility index (Phi) is 5.47. The van der Waals surface area contributed by atoms with E-state index in [1.54, 1.807) is 6.07 Å². The molecule has 5 heteroatoms. The fourth-order valence-corrected chi connectivity index (χ4v) is 4.52. The van der Waals surface area contributed by atoms with Crippen LogP contribution in [0.1, 0.15) is 43.2 Å². The monoisotopic (exact) mass is 389 g/mol. The second-order valence-electron chi connectivity index (χ2n) is 8.13. The number of para-hydroxylation sites is 1. The van der Waals surface area contributed by atoms with Crippen LogP contribution >= 0.6 is 0 Å². The summed E-state index contributed by atoms with van der Waals surface area (Å²) in [4.78, 5) is 29.8. The lowest BCUT2D eigenvalue weighted by molar-refractivity contribution is -0.122. The molecule has 0 unspecified atom stereocenters. The third-order valence-corrected chi connectivity index (χ3v) is 6.19. The van der Waals surface area contributed by atoms with E-state index in [0.717, 1.165) is 18.4 Å². The van der Waals surface area contributed by atoms with Crippen molar-refractivity contribution in [2.45, 2.75) is 51.0 Å². The average Bonchev–Trinajstić information content (AvgIpc) is 2.76. The second kappa shape index (κ2) is 8.19. The summed E-state index contributed by atoms with van der Waals surface area (Å²) in [6, 6.07) is 16.0. The maximum absolute atomic E-state index is 12.7. The van der Waals surface area contributed by atoms with Gasteiger partial charge in [-0.25, -0.2) is 4.98 Å². The van der Waals surface area contributed by atoms with Gasteiger partial charge in [0.1, 0.15) is 6.54 Å². The summed E-state index contributed by atoms with van der Waals surface area (Å²) in [6.45, 7) is 2.52. The Morgan fingerprint density at radius 2 is 1.83 bits per heavy atom. The molecule has 1 fully saturated rings. The molecule has 3 aromatic rings. The zero-order valence-corrected chi connectivity index (χ0v) is 16.9. The molecule has 1 aliphatic rings. The van der Waals surface area contributed by atoms with Crippen LogP contribution < -0.4 is 10.9 Å². The van der Waals surface area contributed by atoms with Crippen molar-refractivity contribution in [1.82, 2.24) is 14.9 Å². The van der Waals surface area contributed by atoms with Crippen LogP contribution in [0.15, 0.2) is 59.7 Å². The van der Waals surface area contributed by atoms with Gasteiger partial charge in [0.25, 0.3) is 5.56 Å². The van der Waals surface area contributed by atoms with Crippen LogP contribution in [0.4, 0.5) is 0 Å². The van der Waals surface area contributed by atoms with Crippen molar-refractivity contribution < 1.29 is 4.79 Å². The number of amides is 1. The summed E-state index contributed by atoms with van der Waals surface area (Å²) >= 11 is 0. The lowest BCUT2D eigenvalue weighted by atomic mass is 9.69. The van der Waals surface area contributed by atoms with Crippen LogP contribution in [0.5, 0.6) is 0 Å². The molecule has 0 saturated heterocycles. The predicted molar refractivity (Wildman–Crippen MR) is 115 cm³/mol. The Hall–Kier alpha value is -2.95. The average molecular weight is 389 g/mol. The molecule has 0 bridgehead atoms. The standard InChI is InChI=1S/C24H27N3O2/c1-18-9-8-12-20-22(18)26-17-27(23(20)29)15-21(28)25-16-24(13-6-3-7-14-24)19-10-4-2-5-11-19/h2,4-5,8-12,17H,3,6-7,13-16H2,1H3,(H,25,28). The third-order valence-electron chi connectivity index (χ3n) is 6.19. The molecule has 150 valence electrons. The molecule has 1 amide bonds. The summed E-state index contributed by atoms with van der Waals surface area (Å²) < 4.78 is 1.40.